The maximum atomic E-state index is 11.6. The van der Waals surface area contributed by atoms with Gasteiger partial charge < -0.3 is 15.7 Å². The number of nitrogens with zero attached hydrogens (tertiary/aromatic N) is 1. The first-order chi connectivity index (χ1) is 9.38. The zero-order valence-electron chi connectivity index (χ0n) is 10.6. The number of hydrogen-bond acceptors (Lipinski definition) is 5. The van der Waals surface area contributed by atoms with Gasteiger partial charge in [-0.05, 0) is 19.1 Å². The Hall–Kier alpha value is -1.90. The number of carboxylic acid groups (broad SMARTS) is 1. The molecule has 0 aliphatic rings. The van der Waals surface area contributed by atoms with E-state index in [0.29, 0.717) is 11.4 Å². The summed E-state index contributed by atoms with van der Waals surface area (Å²) in [5, 5.41) is 24.0. The Balaban J connectivity index is 0.00000400. The van der Waals surface area contributed by atoms with Gasteiger partial charge in [-0.3, -0.25) is 19.7 Å². The van der Waals surface area contributed by atoms with Crippen LogP contribution >= 0.6 is 0 Å². The van der Waals surface area contributed by atoms with E-state index in [1.54, 1.807) is 6.92 Å². The Kier molecular flexibility index (Phi) is 8.29. The van der Waals surface area contributed by atoms with E-state index in [2.05, 4.69) is 10.6 Å². The van der Waals surface area contributed by atoms with E-state index in [0.717, 1.165) is 0 Å². The average Bonchev–Trinajstić information content (AvgIpc) is 2.36. The zero-order valence-corrected chi connectivity index (χ0v) is 10.6. The molecular weight excluding hydrogens is 289 g/mol. The van der Waals surface area contributed by atoms with Gasteiger partial charge in [0.05, 0.1) is 4.92 Å². The molecule has 9 heteroatoms. The van der Waals surface area contributed by atoms with Crippen molar-refractivity contribution in [1.29, 1.82) is 0 Å². The van der Waals surface area contributed by atoms with Gasteiger partial charge in [-0.1, -0.05) is 0 Å². The summed E-state index contributed by atoms with van der Waals surface area (Å²) in [6.45, 7) is 1.27. The minimum atomic E-state index is -1.03. The molecule has 0 aliphatic carbocycles. The second-order valence-corrected chi connectivity index (χ2v) is 3.87. The molecule has 8 nitrogen and oxygen atoms in total. The van der Waals surface area contributed by atoms with E-state index in [4.69, 9.17) is 5.11 Å². The van der Waals surface area contributed by atoms with Crippen LogP contribution in [-0.4, -0.2) is 58.0 Å². The molecule has 0 saturated heterocycles. The van der Waals surface area contributed by atoms with E-state index in [1.165, 1.54) is 30.3 Å². The molecular formula is C12H14N3NaO5. The van der Waals surface area contributed by atoms with Crippen LogP contribution in [0.2, 0.25) is 0 Å². The van der Waals surface area contributed by atoms with Gasteiger partial charge in [0.2, 0.25) is 5.91 Å². The molecule has 1 amide bonds. The second-order valence-electron chi connectivity index (χ2n) is 3.87. The van der Waals surface area contributed by atoms with Crippen molar-refractivity contribution < 1.29 is 19.6 Å². The van der Waals surface area contributed by atoms with Gasteiger partial charge in [0, 0.05) is 29.6 Å². The Morgan fingerprint density at radius 2 is 1.90 bits per heavy atom. The minimum absolute atomic E-state index is 0. The summed E-state index contributed by atoms with van der Waals surface area (Å²) in [5.74, 6) is -1.50. The quantitative estimate of drug-likeness (QED) is 0.304. The Morgan fingerprint density at radius 3 is 2.38 bits per heavy atom. The number of anilines is 1. The number of benzene rings is 1. The summed E-state index contributed by atoms with van der Waals surface area (Å²) >= 11 is 0. The van der Waals surface area contributed by atoms with Crippen molar-refractivity contribution in [1.82, 2.24) is 5.32 Å². The molecule has 0 spiro atoms. The number of aliphatic carboxylic acids is 1. The average molecular weight is 303 g/mol. The summed E-state index contributed by atoms with van der Waals surface area (Å²) in [5.41, 5.74) is 0.729. The standard InChI is InChI=1S/C12H13N3O5.Na.H/c1-8(13-7-12(17)18)6-11(16)14-9-2-4-10(5-3-9)15(19)20;;/h2-6,13H,7H2,1H3,(H,14,16)(H,17,18);;/b8-6+;;. The third kappa shape index (κ3) is 7.45. The molecule has 3 N–H and O–H groups in total. The number of nitrogens with one attached hydrogen (secondary N) is 2. The number of non-ortho nitro benzene ring substituents is 1. The maximum absolute atomic E-state index is 11.6. The number of hydrogen-bond donors (Lipinski definition) is 3. The van der Waals surface area contributed by atoms with Gasteiger partial charge in [-0.25, -0.2) is 0 Å². The first kappa shape index (κ1) is 19.1. The van der Waals surface area contributed by atoms with Crippen molar-refractivity contribution in [3.63, 3.8) is 0 Å². The van der Waals surface area contributed by atoms with Crippen molar-refractivity contribution in [2.45, 2.75) is 6.92 Å². The third-order valence-electron chi connectivity index (χ3n) is 2.21. The summed E-state index contributed by atoms with van der Waals surface area (Å²) in [6, 6.07) is 5.36. The molecule has 0 bridgehead atoms. The topological polar surface area (TPSA) is 122 Å². The summed E-state index contributed by atoms with van der Waals surface area (Å²) in [7, 11) is 0. The number of allylic oxidation sites excluding steroid dienone is 1. The van der Waals surface area contributed by atoms with Crippen LogP contribution in [0.4, 0.5) is 11.4 Å². The summed E-state index contributed by atoms with van der Waals surface area (Å²) in [4.78, 5) is 31.8. The third-order valence-corrected chi connectivity index (χ3v) is 2.21. The molecule has 0 radical (unpaired) electrons. The van der Waals surface area contributed by atoms with Gasteiger partial charge in [-0.15, -0.1) is 0 Å². The predicted molar refractivity (Wildman–Crippen MR) is 78.3 cm³/mol. The molecule has 0 atom stereocenters. The van der Waals surface area contributed by atoms with E-state index in [-0.39, 0.29) is 41.8 Å². The number of carboxylic acids is 1. The molecule has 1 aromatic carbocycles. The molecule has 1 aromatic rings. The van der Waals surface area contributed by atoms with E-state index < -0.39 is 16.8 Å². The van der Waals surface area contributed by atoms with Gasteiger partial charge >= 0.3 is 35.5 Å². The molecule has 0 aliphatic heterocycles. The molecule has 0 saturated carbocycles. The van der Waals surface area contributed by atoms with Crippen molar-refractivity contribution in [2.75, 3.05) is 11.9 Å². The van der Waals surface area contributed by atoms with Gasteiger partial charge in [-0.2, -0.15) is 0 Å². The fourth-order valence-electron chi connectivity index (χ4n) is 1.31. The monoisotopic (exact) mass is 303 g/mol. The fourth-order valence-corrected chi connectivity index (χ4v) is 1.31. The van der Waals surface area contributed by atoms with E-state index >= 15 is 0 Å². The van der Waals surface area contributed by atoms with Crippen molar-refractivity contribution >= 4 is 52.8 Å². The molecule has 108 valence electrons. The number of nitro benzene ring substituents is 1. The van der Waals surface area contributed by atoms with Crippen LogP contribution in [0.3, 0.4) is 0 Å². The zero-order chi connectivity index (χ0) is 15.1. The summed E-state index contributed by atoms with van der Waals surface area (Å²) in [6.07, 6.45) is 1.20. The predicted octanol–water partition coefficient (Wildman–Crippen LogP) is 0.463. The van der Waals surface area contributed by atoms with Crippen LogP contribution in [0.1, 0.15) is 6.92 Å². The Morgan fingerprint density at radius 1 is 1.33 bits per heavy atom. The van der Waals surface area contributed by atoms with E-state index in [1.807, 2.05) is 0 Å². The first-order valence-electron chi connectivity index (χ1n) is 5.58. The van der Waals surface area contributed by atoms with Gasteiger partial charge in [0.15, 0.2) is 0 Å². The molecule has 0 aromatic heterocycles. The molecule has 0 unspecified atom stereocenters. The number of carbonyl (C=O) groups is 2. The van der Waals surface area contributed by atoms with Gasteiger partial charge in [0.1, 0.15) is 6.54 Å². The SMILES string of the molecule is C/C(=C\C(=O)Nc1ccc([N+](=O)[O-])cc1)NCC(=O)O.[NaH]. The van der Waals surface area contributed by atoms with Crippen LogP contribution < -0.4 is 10.6 Å². The van der Waals surface area contributed by atoms with Crippen LogP contribution in [-0.2, 0) is 9.59 Å². The van der Waals surface area contributed by atoms with Crippen molar-refractivity contribution in [2.24, 2.45) is 0 Å². The Bertz CT molecular complexity index is 557. The van der Waals surface area contributed by atoms with Gasteiger partial charge in [0.25, 0.3) is 5.69 Å². The number of nitro groups is 1. The number of carbonyl (C=O) groups excluding carboxylic acids is 1. The normalized spacial score (nSPS) is 10.2. The fraction of sp³-hybridized carbons (Fsp3) is 0.167. The number of amides is 1. The first-order valence-corrected chi connectivity index (χ1v) is 5.58. The van der Waals surface area contributed by atoms with Crippen LogP contribution in [0.15, 0.2) is 36.0 Å². The van der Waals surface area contributed by atoms with Crippen molar-refractivity contribution in [3.8, 4) is 0 Å². The molecule has 1 rings (SSSR count). The Labute approximate surface area is 142 Å². The van der Waals surface area contributed by atoms with Crippen LogP contribution in [0.5, 0.6) is 0 Å². The summed E-state index contributed by atoms with van der Waals surface area (Å²) < 4.78 is 0. The second kappa shape index (κ2) is 9.11. The molecule has 0 heterocycles. The van der Waals surface area contributed by atoms with Crippen molar-refractivity contribution in [3.05, 3.63) is 46.2 Å². The number of rotatable bonds is 6. The van der Waals surface area contributed by atoms with Crippen LogP contribution in [0, 0.1) is 10.1 Å². The molecule has 0 fully saturated rings. The van der Waals surface area contributed by atoms with E-state index in [9.17, 15) is 19.7 Å². The van der Waals surface area contributed by atoms with Crippen LogP contribution in [0.25, 0.3) is 0 Å². The molecule has 21 heavy (non-hydrogen) atoms.